The van der Waals surface area contributed by atoms with Crippen molar-refractivity contribution in [2.45, 2.75) is 84.0 Å². The number of ketones is 1. The quantitative estimate of drug-likeness (QED) is 0.219. The maximum absolute atomic E-state index is 14.8. The highest BCUT2D eigenvalue weighted by Crippen LogP contribution is 2.65. The van der Waals surface area contributed by atoms with Crippen molar-refractivity contribution in [1.82, 2.24) is 20.9 Å². The van der Waals surface area contributed by atoms with Crippen molar-refractivity contribution in [3.63, 3.8) is 0 Å². The summed E-state index contributed by atoms with van der Waals surface area (Å²) in [5, 5.41) is 8.18. The molecule has 2 fully saturated rings. The van der Waals surface area contributed by atoms with Gasteiger partial charge in [0.15, 0.2) is 0 Å². The van der Waals surface area contributed by atoms with Crippen LogP contribution in [-0.2, 0) is 23.9 Å². The fourth-order valence-corrected chi connectivity index (χ4v) is 6.84. The van der Waals surface area contributed by atoms with Crippen LogP contribution in [0.3, 0.4) is 0 Å². The van der Waals surface area contributed by atoms with Gasteiger partial charge in [-0.1, -0.05) is 93.9 Å². The topological polar surface area (TPSA) is 134 Å². The first kappa shape index (κ1) is 35.4. The molecule has 4 rings (SSSR count). The first-order chi connectivity index (χ1) is 22.2. The van der Waals surface area contributed by atoms with Crippen molar-refractivity contribution in [3.05, 3.63) is 84.4 Å². The number of fused-ring (bicyclic) bond motifs is 1. The molecule has 0 bridgehead atoms. The lowest BCUT2D eigenvalue weighted by Crippen LogP contribution is -2.59. The molecule has 0 spiro atoms. The Labute approximate surface area is 277 Å². The molecule has 2 aliphatic rings. The number of carbonyl (C=O) groups is 5. The number of hydrogen-bond acceptors (Lipinski definition) is 6. The standard InChI is InChI=1S/C37H48N4O6/c1-8-16-26(31(42)33(44)38-21-9-2)39-32(43)30-28-25(37(28,6)7)22-41(30)34(45)29(40-35(46)47-36(3,4)5)27(23-17-12-10-13-18-23)24-19-14-11-15-20-24/h9-15,17-20,25-30H,2,8,16,21-22H2,1,3-7H3,(H,38,44)(H,39,43)(H,40,46). The average Bonchev–Trinajstić information content (AvgIpc) is 3.33. The molecule has 5 unspecified atom stereocenters. The molecule has 0 radical (unpaired) electrons. The van der Waals surface area contributed by atoms with Crippen LogP contribution in [-0.4, -0.2) is 71.3 Å². The SMILES string of the molecule is C=CCNC(=O)C(=O)C(CCC)NC(=O)C1C2C(CN1C(=O)C(NC(=O)OC(C)(C)C)C(c1ccccc1)c1ccccc1)C2(C)C. The molecule has 5 atom stereocenters. The van der Waals surface area contributed by atoms with Gasteiger partial charge in [-0.15, -0.1) is 6.58 Å². The number of benzene rings is 2. The molecule has 2 aromatic rings. The third-order valence-electron chi connectivity index (χ3n) is 9.19. The lowest BCUT2D eigenvalue weighted by atomic mass is 9.84. The lowest BCUT2D eigenvalue weighted by molar-refractivity contribution is -0.144. The van der Waals surface area contributed by atoms with E-state index in [0.717, 1.165) is 11.1 Å². The second-order valence-electron chi connectivity index (χ2n) is 14.0. The number of nitrogens with one attached hydrogen (secondary N) is 3. The molecule has 1 aliphatic carbocycles. The summed E-state index contributed by atoms with van der Waals surface area (Å²) in [6, 6.07) is 15.8. The van der Waals surface area contributed by atoms with Crippen LogP contribution in [0.1, 0.15) is 71.4 Å². The van der Waals surface area contributed by atoms with E-state index in [-0.39, 0.29) is 30.2 Å². The van der Waals surface area contributed by atoms with Gasteiger partial charge in [0, 0.05) is 19.0 Å². The first-order valence-electron chi connectivity index (χ1n) is 16.3. The molecule has 2 aromatic carbocycles. The molecular weight excluding hydrogens is 596 g/mol. The van der Waals surface area contributed by atoms with Crippen molar-refractivity contribution in [3.8, 4) is 0 Å². The predicted molar refractivity (Wildman–Crippen MR) is 179 cm³/mol. The second kappa shape index (κ2) is 14.5. The average molecular weight is 645 g/mol. The van der Waals surface area contributed by atoms with Crippen molar-refractivity contribution in [2.75, 3.05) is 13.1 Å². The van der Waals surface area contributed by atoms with Gasteiger partial charge in [0.05, 0.1) is 6.04 Å². The Morgan fingerprint density at radius 3 is 2.06 bits per heavy atom. The molecular formula is C37H48N4O6. The summed E-state index contributed by atoms with van der Waals surface area (Å²) in [7, 11) is 0. The number of hydrogen-bond donors (Lipinski definition) is 3. The van der Waals surface area contributed by atoms with Gasteiger partial charge >= 0.3 is 6.09 Å². The number of ether oxygens (including phenoxy) is 1. The van der Waals surface area contributed by atoms with E-state index >= 15 is 0 Å². The van der Waals surface area contributed by atoms with Gasteiger partial charge in [-0.3, -0.25) is 19.2 Å². The number of likely N-dealkylation sites (tertiary alicyclic amines) is 1. The molecule has 0 aromatic heterocycles. The van der Waals surface area contributed by atoms with Gasteiger partial charge in [-0.05, 0) is 55.6 Å². The molecule has 1 aliphatic heterocycles. The maximum Gasteiger partial charge on any atom is 0.408 e. The Bertz CT molecular complexity index is 1430. The van der Waals surface area contributed by atoms with Crippen LogP contribution in [0.4, 0.5) is 4.79 Å². The number of rotatable bonds is 13. The van der Waals surface area contributed by atoms with Crippen LogP contribution in [0.5, 0.6) is 0 Å². The van der Waals surface area contributed by atoms with E-state index in [2.05, 4.69) is 36.4 Å². The van der Waals surface area contributed by atoms with Gasteiger partial charge in [0.25, 0.3) is 5.91 Å². The minimum absolute atomic E-state index is 0.0486. The van der Waals surface area contributed by atoms with Crippen molar-refractivity contribution < 1.29 is 28.7 Å². The van der Waals surface area contributed by atoms with Gasteiger partial charge in [0.2, 0.25) is 17.6 Å². The summed E-state index contributed by atoms with van der Waals surface area (Å²) in [6.45, 7) is 15.2. The van der Waals surface area contributed by atoms with Crippen LogP contribution in [0, 0.1) is 17.3 Å². The Morgan fingerprint density at radius 2 is 1.55 bits per heavy atom. The number of Topliss-reactive ketones (excluding diaryl/α,β-unsaturated/α-hetero) is 1. The molecule has 47 heavy (non-hydrogen) atoms. The van der Waals surface area contributed by atoms with E-state index in [0.29, 0.717) is 13.0 Å². The van der Waals surface area contributed by atoms with Crippen LogP contribution in [0.2, 0.25) is 0 Å². The monoisotopic (exact) mass is 644 g/mol. The summed E-state index contributed by atoms with van der Waals surface area (Å²) in [5.41, 5.74) is 0.583. The normalized spacial score (nSPS) is 20.7. The molecule has 3 N–H and O–H groups in total. The van der Waals surface area contributed by atoms with Gasteiger partial charge in [0.1, 0.15) is 17.7 Å². The molecule has 252 valence electrons. The van der Waals surface area contributed by atoms with Gasteiger partial charge < -0.3 is 25.6 Å². The molecule has 1 saturated heterocycles. The Kier molecular flexibility index (Phi) is 10.9. The van der Waals surface area contributed by atoms with Crippen LogP contribution < -0.4 is 16.0 Å². The van der Waals surface area contributed by atoms with Crippen molar-refractivity contribution in [1.29, 1.82) is 0 Å². The minimum Gasteiger partial charge on any atom is -0.444 e. The second-order valence-corrected chi connectivity index (χ2v) is 14.0. The minimum atomic E-state index is -1.12. The highest BCUT2D eigenvalue weighted by atomic mass is 16.6. The van der Waals surface area contributed by atoms with E-state index < -0.39 is 59.2 Å². The van der Waals surface area contributed by atoms with E-state index in [1.54, 1.807) is 25.7 Å². The highest BCUT2D eigenvalue weighted by molar-refractivity contribution is 6.38. The first-order valence-corrected chi connectivity index (χ1v) is 16.3. The Balaban J connectivity index is 1.72. The summed E-state index contributed by atoms with van der Waals surface area (Å²) in [5.74, 6) is -3.19. The molecule has 1 saturated carbocycles. The van der Waals surface area contributed by atoms with E-state index in [1.165, 1.54) is 6.08 Å². The zero-order valence-electron chi connectivity index (χ0n) is 28.2. The molecule has 4 amide bonds. The zero-order valence-corrected chi connectivity index (χ0v) is 28.2. The smallest absolute Gasteiger partial charge is 0.408 e. The Morgan fingerprint density at radius 1 is 0.979 bits per heavy atom. The number of nitrogens with zero attached hydrogens (tertiary/aromatic N) is 1. The lowest BCUT2D eigenvalue weighted by Gasteiger charge is -2.36. The predicted octanol–water partition coefficient (Wildman–Crippen LogP) is 4.35. The van der Waals surface area contributed by atoms with Crippen LogP contribution in [0.15, 0.2) is 73.3 Å². The van der Waals surface area contributed by atoms with E-state index in [4.69, 9.17) is 4.74 Å². The van der Waals surface area contributed by atoms with Crippen molar-refractivity contribution >= 4 is 29.6 Å². The Hall–Kier alpha value is -4.47. The molecule has 1 heterocycles. The summed E-state index contributed by atoms with van der Waals surface area (Å²) >= 11 is 0. The van der Waals surface area contributed by atoms with Crippen LogP contribution in [0.25, 0.3) is 0 Å². The van der Waals surface area contributed by atoms with Gasteiger partial charge in [-0.25, -0.2) is 4.79 Å². The van der Waals surface area contributed by atoms with Gasteiger partial charge in [-0.2, -0.15) is 0 Å². The van der Waals surface area contributed by atoms with E-state index in [9.17, 15) is 24.0 Å². The van der Waals surface area contributed by atoms with E-state index in [1.807, 2.05) is 67.6 Å². The highest BCUT2D eigenvalue weighted by Gasteiger charge is 2.69. The number of piperidine rings is 1. The summed E-state index contributed by atoms with van der Waals surface area (Å²) in [6.07, 6.45) is 1.53. The molecule has 10 nitrogen and oxygen atoms in total. The third kappa shape index (κ3) is 8.10. The fraction of sp³-hybridized carbons (Fsp3) is 0.486. The summed E-state index contributed by atoms with van der Waals surface area (Å²) < 4.78 is 5.61. The number of alkyl carbamates (subject to hydrolysis) is 1. The largest absolute Gasteiger partial charge is 0.444 e. The molecule has 10 heteroatoms. The summed E-state index contributed by atoms with van der Waals surface area (Å²) in [4.78, 5) is 69.4. The van der Waals surface area contributed by atoms with Crippen molar-refractivity contribution in [2.24, 2.45) is 17.3 Å². The van der Waals surface area contributed by atoms with Crippen LogP contribution >= 0.6 is 0 Å². The maximum atomic E-state index is 14.8. The third-order valence-corrected chi connectivity index (χ3v) is 9.19. The zero-order chi connectivity index (χ0) is 34.5. The number of amides is 4. The number of carbonyl (C=O) groups excluding carboxylic acids is 5. The fourth-order valence-electron chi connectivity index (χ4n) is 6.84.